The molecule has 0 aliphatic heterocycles. The lowest BCUT2D eigenvalue weighted by atomic mass is 10.2. The first-order valence-corrected chi connectivity index (χ1v) is 11.0. The fourth-order valence-electron chi connectivity index (χ4n) is 3.07. The summed E-state index contributed by atoms with van der Waals surface area (Å²) >= 11 is 1.29. The van der Waals surface area contributed by atoms with Gasteiger partial charge in [0.2, 0.25) is 4.96 Å². The number of rotatable bonds is 9. The highest BCUT2D eigenvalue weighted by atomic mass is 32.1. The van der Waals surface area contributed by atoms with Crippen molar-refractivity contribution in [2.45, 2.75) is 13.3 Å². The molecule has 0 fully saturated rings. The summed E-state index contributed by atoms with van der Waals surface area (Å²) < 4.78 is 18.5. The van der Waals surface area contributed by atoms with Crippen LogP contribution in [0, 0.1) is 0 Å². The monoisotopic (exact) mass is 449 g/mol. The van der Waals surface area contributed by atoms with Gasteiger partial charge in [-0.15, -0.1) is 5.10 Å². The van der Waals surface area contributed by atoms with Gasteiger partial charge in [-0.1, -0.05) is 37.0 Å². The molecule has 0 bridgehead atoms. The molecule has 0 spiro atoms. The Bertz CT molecular complexity index is 1340. The molecule has 32 heavy (non-hydrogen) atoms. The fraction of sp³-hybridized carbons (Fsp3) is 0.208. The lowest BCUT2D eigenvalue weighted by Gasteiger charge is -2.09. The third-order valence-electron chi connectivity index (χ3n) is 4.61. The van der Waals surface area contributed by atoms with Gasteiger partial charge in [0.05, 0.1) is 18.2 Å². The molecule has 2 heterocycles. The number of hydrogen-bond acceptors (Lipinski definition) is 7. The van der Waals surface area contributed by atoms with E-state index >= 15 is 0 Å². The number of nitrogens with zero attached hydrogens (tertiary/aromatic N) is 3. The topological polar surface area (TPSA) is 75.0 Å². The third kappa shape index (κ3) is 4.50. The molecule has 0 aliphatic rings. The minimum Gasteiger partial charge on any atom is -0.494 e. The molecule has 164 valence electrons. The highest BCUT2D eigenvalue weighted by Crippen LogP contribution is 2.28. The third-order valence-corrected chi connectivity index (χ3v) is 5.57. The van der Waals surface area contributed by atoms with Crippen LogP contribution in [0.2, 0.25) is 0 Å². The Labute approximate surface area is 189 Å². The summed E-state index contributed by atoms with van der Waals surface area (Å²) in [7, 11) is 1.58. The van der Waals surface area contributed by atoms with Crippen molar-refractivity contribution in [3.05, 3.63) is 75.6 Å². The highest BCUT2D eigenvalue weighted by Gasteiger charge is 2.12. The van der Waals surface area contributed by atoms with E-state index in [-0.39, 0.29) is 5.56 Å². The lowest BCUT2D eigenvalue weighted by Crippen LogP contribution is -2.23. The first-order chi connectivity index (χ1) is 15.6. The van der Waals surface area contributed by atoms with Gasteiger partial charge in [-0.25, -0.2) is 0 Å². The maximum Gasteiger partial charge on any atom is 0.291 e. The van der Waals surface area contributed by atoms with Crippen LogP contribution in [0.4, 0.5) is 0 Å². The minimum absolute atomic E-state index is 0.211. The Kier molecular flexibility index (Phi) is 6.51. The predicted octanol–water partition coefficient (Wildman–Crippen LogP) is 3.73. The van der Waals surface area contributed by atoms with E-state index in [1.165, 1.54) is 15.9 Å². The van der Waals surface area contributed by atoms with Gasteiger partial charge in [0.25, 0.3) is 5.56 Å². The average molecular weight is 450 g/mol. The molecular formula is C24H23N3O4S. The van der Waals surface area contributed by atoms with Crippen LogP contribution in [0.25, 0.3) is 22.4 Å². The summed E-state index contributed by atoms with van der Waals surface area (Å²) in [6, 6.07) is 13.0. The van der Waals surface area contributed by atoms with Crippen LogP contribution in [0.5, 0.6) is 17.2 Å². The summed E-state index contributed by atoms with van der Waals surface area (Å²) in [6.45, 7) is 6.76. The second kappa shape index (κ2) is 9.65. The maximum atomic E-state index is 12.9. The Hall–Kier alpha value is -3.65. The first kappa shape index (κ1) is 21.6. The molecule has 4 rings (SSSR count). The molecule has 0 atom stereocenters. The van der Waals surface area contributed by atoms with Gasteiger partial charge in [-0.05, 0) is 54.5 Å². The Morgan fingerprint density at radius 2 is 1.94 bits per heavy atom. The van der Waals surface area contributed by atoms with E-state index in [1.54, 1.807) is 19.3 Å². The van der Waals surface area contributed by atoms with E-state index in [9.17, 15) is 4.79 Å². The summed E-state index contributed by atoms with van der Waals surface area (Å²) in [5.41, 5.74) is 1.43. The smallest absolute Gasteiger partial charge is 0.291 e. The quantitative estimate of drug-likeness (QED) is 0.363. The lowest BCUT2D eigenvalue weighted by molar-refractivity contribution is 0.317. The zero-order valence-corrected chi connectivity index (χ0v) is 18.7. The van der Waals surface area contributed by atoms with Gasteiger partial charge < -0.3 is 14.2 Å². The fourth-order valence-corrected chi connectivity index (χ4v) is 3.98. The Balaban J connectivity index is 1.62. The van der Waals surface area contributed by atoms with Crippen LogP contribution in [0.3, 0.4) is 0 Å². The van der Waals surface area contributed by atoms with Crippen molar-refractivity contribution in [1.29, 1.82) is 0 Å². The van der Waals surface area contributed by atoms with Crippen molar-refractivity contribution in [3.63, 3.8) is 0 Å². The summed E-state index contributed by atoms with van der Waals surface area (Å²) in [5.74, 6) is 2.51. The second-order valence-electron chi connectivity index (χ2n) is 6.93. The maximum absolute atomic E-state index is 12.9. The number of fused-ring (bicyclic) bond motifs is 1. The van der Waals surface area contributed by atoms with Crippen LogP contribution in [-0.4, -0.2) is 34.9 Å². The second-order valence-corrected chi connectivity index (χ2v) is 7.94. The Morgan fingerprint density at radius 3 is 2.62 bits per heavy atom. The number of methoxy groups -OCH3 is 1. The van der Waals surface area contributed by atoms with Crippen LogP contribution in [0.15, 0.2) is 59.9 Å². The van der Waals surface area contributed by atoms with E-state index in [0.717, 1.165) is 23.3 Å². The molecule has 0 saturated carbocycles. The van der Waals surface area contributed by atoms with Crippen LogP contribution in [-0.2, 0) is 0 Å². The average Bonchev–Trinajstić information content (AvgIpc) is 3.36. The van der Waals surface area contributed by atoms with Crippen LogP contribution >= 0.6 is 11.3 Å². The Morgan fingerprint density at radius 1 is 1.12 bits per heavy atom. The van der Waals surface area contributed by atoms with Crippen molar-refractivity contribution in [1.82, 2.24) is 14.6 Å². The summed E-state index contributed by atoms with van der Waals surface area (Å²) in [5, 5.41) is 4.41. The van der Waals surface area contributed by atoms with Crippen molar-refractivity contribution in [3.8, 4) is 28.6 Å². The van der Waals surface area contributed by atoms with Crippen molar-refractivity contribution < 1.29 is 14.2 Å². The minimum atomic E-state index is -0.211. The molecule has 7 nitrogen and oxygen atoms in total. The normalized spacial score (nSPS) is 11.6. The number of ether oxygens (including phenoxy) is 3. The molecule has 0 aliphatic carbocycles. The molecule has 0 saturated heterocycles. The molecule has 2 aromatic carbocycles. The summed E-state index contributed by atoms with van der Waals surface area (Å²) in [4.78, 5) is 17.9. The van der Waals surface area contributed by atoms with Gasteiger partial charge in [0, 0.05) is 5.56 Å². The molecule has 0 amide bonds. The van der Waals surface area contributed by atoms with E-state index < -0.39 is 0 Å². The van der Waals surface area contributed by atoms with E-state index in [1.807, 2.05) is 42.5 Å². The van der Waals surface area contributed by atoms with E-state index in [0.29, 0.717) is 40.0 Å². The standard InChI is InChI=1S/C24H23N3O4S/c1-4-12-30-18-9-7-17(8-10-18)22-25-24-27(26-22)23(28)21(32-24)15-16-6-11-19(31-13-5-2)20(14-16)29-3/h5-11,14-15H,2,4,12-13H2,1,3H3. The first-order valence-electron chi connectivity index (χ1n) is 10.2. The van der Waals surface area contributed by atoms with Crippen LogP contribution in [0.1, 0.15) is 18.9 Å². The molecule has 4 aromatic rings. The van der Waals surface area contributed by atoms with Gasteiger partial charge in [-0.2, -0.15) is 9.50 Å². The molecule has 8 heteroatoms. The van der Waals surface area contributed by atoms with Gasteiger partial charge in [0.1, 0.15) is 12.4 Å². The zero-order valence-electron chi connectivity index (χ0n) is 17.9. The number of hydrogen-bond donors (Lipinski definition) is 0. The number of benzene rings is 2. The van der Waals surface area contributed by atoms with Gasteiger partial charge in [0.15, 0.2) is 17.3 Å². The largest absolute Gasteiger partial charge is 0.494 e. The highest BCUT2D eigenvalue weighted by molar-refractivity contribution is 7.15. The summed E-state index contributed by atoms with van der Waals surface area (Å²) in [6.07, 6.45) is 4.41. The van der Waals surface area contributed by atoms with Gasteiger partial charge in [-0.3, -0.25) is 4.79 Å². The zero-order chi connectivity index (χ0) is 22.5. The van der Waals surface area contributed by atoms with Crippen LogP contribution < -0.4 is 24.3 Å². The van der Waals surface area contributed by atoms with Gasteiger partial charge >= 0.3 is 0 Å². The van der Waals surface area contributed by atoms with E-state index in [2.05, 4.69) is 23.6 Å². The molecule has 0 radical (unpaired) electrons. The molecular weight excluding hydrogens is 426 g/mol. The number of aromatic nitrogens is 3. The molecule has 0 unspecified atom stereocenters. The van der Waals surface area contributed by atoms with Crippen molar-refractivity contribution in [2.75, 3.05) is 20.3 Å². The van der Waals surface area contributed by atoms with Crippen molar-refractivity contribution >= 4 is 22.4 Å². The van der Waals surface area contributed by atoms with E-state index in [4.69, 9.17) is 14.2 Å². The molecule has 2 aromatic heterocycles. The van der Waals surface area contributed by atoms with Crippen molar-refractivity contribution in [2.24, 2.45) is 0 Å². The predicted molar refractivity (Wildman–Crippen MR) is 126 cm³/mol. The SMILES string of the molecule is C=CCOc1ccc(C=c2sc3nc(-c4ccc(OCCC)cc4)nn3c2=O)cc1OC. The number of thiazole rings is 1. The molecule has 0 N–H and O–H groups in total.